The normalized spacial score (nSPS) is 14.8. The van der Waals surface area contributed by atoms with Crippen LogP contribution < -0.4 is 5.32 Å². The van der Waals surface area contributed by atoms with Crippen molar-refractivity contribution in [1.29, 1.82) is 5.26 Å². The number of halogens is 3. The zero-order chi connectivity index (χ0) is 24.0. The van der Waals surface area contributed by atoms with Gasteiger partial charge in [-0.1, -0.05) is 18.2 Å². The van der Waals surface area contributed by atoms with E-state index in [9.17, 15) is 26.9 Å². The highest BCUT2D eigenvalue weighted by atomic mass is 32.2. The molecule has 0 radical (unpaired) electrons. The molecule has 0 aliphatic carbocycles. The lowest BCUT2D eigenvalue weighted by molar-refractivity contribution is -0.137. The van der Waals surface area contributed by atoms with Crippen molar-refractivity contribution in [2.24, 2.45) is 4.40 Å². The number of fused-ring (bicyclic) bond motifs is 1. The molecule has 33 heavy (non-hydrogen) atoms. The van der Waals surface area contributed by atoms with E-state index in [-0.39, 0.29) is 27.6 Å². The number of benzene rings is 2. The van der Waals surface area contributed by atoms with Gasteiger partial charge in [0.25, 0.3) is 10.0 Å². The van der Waals surface area contributed by atoms with Crippen LogP contribution >= 0.6 is 0 Å². The van der Waals surface area contributed by atoms with Crippen LogP contribution in [0.2, 0.25) is 0 Å². The van der Waals surface area contributed by atoms with E-state index in [1.165, 1.54) is 24.4 Å². The average molecular weight is 470 g/mol. The van der Waals surface area contributed by atoms with Crippen molar-refractivity contribution in [3.05, 3.63) is 77.5 Å². The molecule has 1 aromatic heterocycles. The molecule has 1 aliphatic heterocycles. The van der Waals surface area contributed by atoms with E-state index in [0.717, 1.165) is 17.7 Å². The topological polar surface area (TPSA) is 95.2 Å². The second kappa shape index (κ2) is 7.71. The molecule has 0 spiro atoms. The Labute approximate surface area is 188 Å². The molecule has 0 saturated heterocycles. The summed E-state index contributed by atoms with van der Waals surface area (Å²) in [6.45, 7) is 3.56. The van der Waals surface area contributed by atoms with Crippen molar-refractivity contribution < 1.29 is 21.6 Å². The highest BCUT2D eigenvalue weighted by Gasteiger charge is 2.35. The third-order valence-corrected chi connectivity index (χ3v) is 6.58. The monoisotopic (exact) mass is 470 g/mol. The second-order valence-corrected chi connectivity index (χ2v) is 9.53. The van der Waals surface area contributed by atoms with Gasteiger partial charge >= 0.3 is 6.18 Å². The maximum atomic E-state index is 13.4. The lowest BCUT2D eigenvalue weighted by Crippen LogP contribution is -2.15. The van der Waals surface area contributed by atoms with E-state index < -0.39 is 27.2 Å². The molecule has 0 bridgehead atoms. The minimum Gasteiger partial charge on any atom is -0.339 e. The molecule has 4 rings (SSSR count). The van der Waals surface area contributed by atoms with Crippen LogP contribution in [0.3, 0.4) is 0 Å². The van der Waals surface area contributed by atoms with Gasteiger partial charge in [-0.05, 0) is 55.8 Å². The number of nitriles is 1. The molecule has 3 aromatic rings. The summed E-state index contributed by atoms with van der Waals surface area (Å²) >= 11 is 0. The van der Waals surface area contributed by atoms with Gasteiger partial charge in [-0.15, -0.1) is 4.40 Å². The molecule has 0 unspecified atom stereocenters. The molecular weight excluding hydrogens is 453 g/mol. The standard InChI is InChI=1S/C23H17F3N4O2S/c1-22(2,13-27)15-6-8-16(9-7-15)29-21-17-10-5-14(12-19(17)33(31,32)30-21)20-18(23(24,25)26)4-3-11-28-20/h3-12H,1-2H3,(H,29,30). The van der Waals surface area contributed by atoms with E-state index >= 15 is 0 Å². The number of anilines is 1. The van der Waals surface area contributed by atoms with Crippen LogP contribution in [0, 0.1) is 11.3 Å². The van der Waals surface area contributed by atoms with Crippen molar-refractivity contribution in [2.75, 3.05) is 5.32 Å². The fourth-order valence-corrected chi connectivity index (χ4v) is 4.62. The predicted octanol–water partition coefficient (Wildman–Crippen LogP) is 5.13. The number of hydrogen-bond acceptors (Lipinski definition) is 5. The summed E-state index contributed by atoms with van der Waals surface area (Å²) in [5, 5.41) is 12.2. The van der Waals surface area contributed by atoms with Crippen LogP contribution in [0.25, 0.3) is 11.3 Å². The van der Waals surface area contributed by atoms with Crippen LogP contribution in [0.5, 0.6) is 0 Å². The Morgan fingerprint density at radius 3 is 2.36 bits per heavy atom. The third kappa shape index (κ3) is 4.19. The van der Waals surface area contributed by atoms with Gasteiger partial charge in [-0.2, -0.15) is 26.9 Å². The summed E-state index contributed by atoms with van der Waals surface area (Å²) in [5.41, 5.74) is -0.411. The van der Waals surface area contributed by atoms with Crippen molar-refractivity contribution >= 4 is 21.5 Å². The van der Waals surface area contributed by atoms with Crippen LogP contribution in [-0.2, 0) is 21.6 Å². The lowest BCUT2D eigenvalue weighted by Gasteiger charge is -2.16. The molecule has 168 valence electrons. The van der Waals surface area contributed by atoms with Crippen molar-refractivity contribution in [3.8, 4) is 17.3 Å². The first-order valence-electron chi connectivity index (χ1n) is 9.73. The van der Waals surface area contributed by atoms with Gasteiger partial charge in [0, 0.05) is 23.0 Å². The van der Waals surface area contributed by atoms with Gasteiger partial charge in [0.1, 0.15) is 4.90 Å². The maximum absolute atomic E-state index is 13.4. The van der Waals surface area contributed by atoms with Crippen molar-refractivity contribution in [2.45, 2.75) is 30.3 Å². The number of nitrogens with zero attached hydrogens (tertiary/aromatic N) is 3. The molecule has 0 saturated carbocycles. The van der Waals surface area contributed by atoms with Crippen molar-refractivity contribution in [3.63, 3.8) is 0 Å². The number of alkyl halides is 3. The number of sulfonamides is 1. The quantitative estimate of drug-likeness (QED) is 0.573. The Morgan fingerprint density at radius 2 is 1.73 bits per heavy atom. The summed E-state index contributed by atoms with van der Waals surface area (Å²) in [6.07, 6.45) is -3.43. The molecule has 1 aliphatic rings. The first-order valence-corrected chi connectivity index (χ1v) is 11.2. The summed E-state index contributed by atoms with van der Waals surface area (Å²) in [4.78, 5) is 3.61. The van der Waals surface area contributed by atoms with Crippen LogP contribution in [0.1, 0.15) is 30.5 Å². The molecule has 2 aromatic carbocycles. The number of hydrogen-bond donors (Lipinski definition) is 1. The second-order valence-electron chi connectivity index (χ2n) is 7.96. The third-order valence-electron chi connectivity index (χ3n) is 5.26. The first kappa shape index (κ1) is 22.5. The van der Waals surface area contributed by atoms with Gasteiger partial charge in [0.05, 0.1) is 22.7 Å². The molecule has 1 N–H and O–H groups in total. The highest BCUT2D eigenvalue weighted by molar-refractivity contribution is 7.90. The zero-order valence-corrected chi connectivity index (χ0v) is 18.3. The predicted molar refractivity (Wildman–Crippen MR) is 117 cm³/mol. The number of nitrogens with one attached hydrogen (secondary N) is 1. The fourth-order valence-electron chi connectivity index (χ4n) is 3.42. The molecular formula is C23H17F3N4O2S. The Morgan fingerprint density at radius 1 is 1.03 bits per heavy atom. The Hall–Kier alpha value is -3.71. The number of pyridine rings is 1. The van der Waals surface area contributed by atoms with Gasteiger partial charge in [-0.3, -0.25) is 4.98 Å². The van der Waals surface area contributed by atoms with Gasteiger partial charge in [0.2, 0.25) is 0 Å². The fraction of sp³-hybridized carbons (Fsp3) is 0.174. The summed E-state index contributed by atoms with van der Waals surface area (Å²) in [7, 11) is -4.12. The minimum atomic E-state index is -4.64. The Kier molecular flexibility index (Phi) is 5.25. The minimum absolute atomic E-state index is 0.0183. The number of amidine groups is 1. The lowest BCUT2D eigenvalue weighted by atomic mass is 9.86. The zero-order valence-electron chi connectivity index (χ0n) is 17.5. The highest BCUT2D eigenvalue weighted by Crippen LogP contribution is 2.38. The largest absolute Gasteiger partial charge is 0.418 e. The van der Waals surface area contributed by atoms with E-state index in [0.29, 0.717) is 5.69 Å². The maximum Gasteiger partial charge on any atom is 0.418 e. The van der Waals surface area contributed by atoms with Crippen LogP contribution in [-0.4, -0.2) is 19.2 Å². The van der Waals surface area contributed by atoms with E-state index in [4.69, 9.17) is 0 Å². The Balaban J connectivity index is 1.70. The van der Waals surface area contributed by atoms with Crippen LogP contribution in [0.15, 0.2) is 70.1 Å². The summed E-state index contributed by atoms with van der Waals surface area (Å²) < 4.78 is 69.2. The van der Waals surface area contributed by atoms with Gasteiger partial charge in [0.15, 0.2) is 5.84 Å². The van der Waals surface area contributed by atoms with Gasteiger partial charge in [-0.25, -0.2) is 0 Å². The summed E-state index contributed by atoms with van der Waals surface area (Å²) in [5.74, 6) is 0.0564. The van der Waals surface area contributed by atoms with Crippen molar-refractivity contribution in [1.82, 2.24) is 4.98 Å². The molecule has 0 amide bonds. The SMILES string of the molecule is CC(C)(C#N)c1ccc(NC2=NS(=O)(=O)c3cc(-c4ncccc4C(F)(F)F)ccc32)cc1. The first-order chi connectivity index (χ1) is 15.4. The molecule has 2 heterocycles. The van der Waals surface area contributed by atoms with E-state index in [1.807, 2.05) is 0 Å². The van der Waals surface area contributed by atoms with Gasteiger partial charge < -0.3 is 5.32 Å². The summed E-state index contributed by atoms with van der Waals surface area (Å²) in [6, 6.07) is 15.1. The molecule has 0 atom stereocenters. The number of rotatable bonds is 3. The number of aromatic nitrogens is 1. The smallest absolute Gasteiger partial charge is 0.339 e. The Bertz CT molecular complexity index is 1420. The average Bonchev–Trinajstić information content (AvgIpc) is 3.02. The van der Waals surface area contributed by atoms with E-state index in [2.05, 4.69) is 20.8 Å². The van der Waals surface area contributed by atoms with Crippen LogP contribution in [0.4, 0.5) is 18.9 Å². The molecule has 6 nitrogen and oxygen atoms in total. The van der Waals surface area contributed by atoms with E-state index in [1.54, 1.807) is 38.1 Å². The molecule has 10 heteroatoms. The molecule has 0 fully saturated rings.